The third-order valence-corrected chi connectivity index (χ3v) is 6.22. The van der Waals surface area contributed by atoms with Crippen molar-refractivity contribution in [1.29, 1.82) is 0 Å². The third kappa shape index (κ3) is 5.15. The Bertz CT molecular complexity index is 699. The summed E-state index contributed by atoms with van der Waals surface area (Å²) in [4.78, 5) is 4.25. The molecule has 0 atom stereocenters. The van der Waals surface area contributed by atoms with E-state index in [2.05, 4.69) is 20.9 Å². The topological polar surface area (TPSA) is 50.3 Å². The second-order valence-corrected chi connectivity index (χ2v) is 9.95. The number of hydrogen-bond donors (Lipinski definition) is 0. The molecule has 120 valence electrons. The third-order valence-electron chi connectivity index (χ3n) is 2.99. The van der Waals surface area contributed by atoms with Crippen LogP contribution < -0.4 is 0 Å². The molecule has 22 heavy (non-hydrogen) atoms. The predicted molar refractivity (Wildman–Crippen MR) is 94.1 cm³/mol. The van der Waals surface area contributed by atoms with Gasteiger partial charge >= 0.3 is 0 Å². The summed E-state index contributed by atoms with van der Waals surface area (Å²) >= 11 is 4.83. The average Bonchev–Trinajstić information content (AvgIpc) is 2.84. The lowest BCUT2D eigenvalue weighted by molar-refractivity contribution is 0.361. The first-order chi connectivity index (χ1) is 10.4. The van der Waals surface area contributed by atoms with E-state index in [0.29, 0.717) is 13.1 Å². The molecular formula is C15H19BrN2O2S2. The van der Waals surface area contributed by atoms with Gasteiger partial charge in [0.25, 0.3) is 0 Å². The molecule has 0 saturated carbocycles. The van der Waals surface area contributed by atoms with Crippen molar-refractivity contribution in [3.8, 4) is 0 Å². The van der Waals surface area contributed by atoms with Gasteiger partial charge in [-0.05, 0) is 27.4 Å². The first kappa shape index (κ1) is 17.6. The predicted octanol–water partition coefficient (Wildman–Crippen LogP) is 3.89. The Kier molecular flexibility index (Phi) is 6.14. The van der Waals surface area contributed by atoms with E-state index in [1.165, 1.54) is 15.6 Å². The maximum Gasteiger partial charge on any atom is 0.218 e. The van der Waals surface area contributed by atoms with Crippen LogP contribution in [0.4, 0.5) is 0 Å². The molecule has 4 nitrogen and oxygen atoms in total. The highest BCUT2D eigenvalue weighted by Crippen LogP contribution is 2.23. The van der Waals surface area contributed by atoms with Crippen LogP contribution in [0.25, 0.3) is 0 Å². The highest BCUT2D eigenvalue weighted by Gasteiger charge is 2.24. The van der Waals surface area contributed by atoms with E-state index < -0.39 is 10.0 Å². The van der Waals surface area contributed by atoms with Gasteiger partial charge in [-0.3, -0.25) is 0 Å². The molecule has 0 fully saturated rings. The van der Waals surface area contributed by atoms with E-state index in [9.17, 15) is 8.42 Å². The van der Waals surface area contributed by atoms with Gasteiger partial charge in [0.15, 0.2) is 0 Å². The highest BCUT2D eigenvalue weighted by atomic mass is 79.9. The fourth-order valence-electron chi connectivity index (χ4n) is 2.07. The van der Waals surface area contributed by atoms with Gasteiger partial charge in [0.05, 0.1) is 22.3 Å². The van der Waals surface area contributed by atoms with E-state index in [-0.39, 0.29) is 11.7 Å². The number of halogens is 1. The van der Waals surface area contributed by atoms with E-state index in [0.717, 1.165) is 14.4 Å². The molecule has 0 spiro atoms. The fraction of sp³-hybridized carbons (Fsp3) is 0.400. The fourth-order valence-corrected chi connectivity index (χ4v) is 5.11. The van der Waals surface area contributed by atoms with Crippen molar-refractivity contribution in [1.82, 2.24) is 9.29 Å². The molecule has 0 bridgehead atoms. The second kappa shape index (κ2) is 7.68. The summed E-state index contributed by atoms with van der Waals surface area (Å²) in [5.41, 5.74) is 0.802. The minimum absolute atomic E-state index is 0.0209. The minimum Gasteiger partial charge on any atom is -0.247 e. The molecule has 1 aromatic carbocycles. The Morgan fingerprint density at radius 3 is 2.50 bits per heavy atom. The van der Waals surface area contributed by atoms with Gasteiger partial charge in [-0.1, -0.05) is 44.2 Å². The quantitative estimate of drug-likeness (QED) is 0.705. The van der Waals surface area contributed by atoms with Crippen molar-refractivity contribution in [3.63, 3.8) is 0 Å². The molecule has 0 aliphatic heterocycles. The van der Waals surface area contributed by atoms with Gasteiger partial charge in [-0.15, -0.1) is 11.3 Å². The lowest BCUT2D eigenvalue weighted by Gasteiger charge is -2.23. The summed E-state index contributed by atoms with van der Waals surface area (Å²) in [6, 6.07) is 9.27. The Balaban J connectivity index is 2.19. The Morgan fingerprint density at radius 2 is 1.95 bits per heavy atom. The van der Waals surface area contributed by atoms with Gasteiger partial charge in [0, 0.05) is 6.54 Å². The van der Waals surface area contributed by atoms with Crippen molar-refractivity contribution in [2.75, 3.05) is 6.54 Å². The van der Waals surface area contributed by atoms with E-state index in [1.54, 1.807) is 6.20 Å². The Labute approximate surface area is 144 Å². The molecule has 1 heterocycles. The molecule has 0 radical (unpaired) electrons. The summed E-state index contributed by atoms with van der Waals surface area (Å²) in [5, 5.41) is 0.796. The van der Waals surface area contributed by atoms with Crippen molar-refractivity contribution in [2.24, 2.45) is 5.92 Å². The standard InChI is InChI=1S/C15H19BrN2O2S2/c1-12(2)9-18(10-15-17-8-14(16)21-15)22(19,20)11-13-6-4-3-5-7-13/h3-8,12H,9-11H2,1-2H3. The number of aromatic nitrogens is 1. The van der Waals surface area contributed by atoms with Gasteiger partial charge in [-0.2, -0.15) is 4.31 Å². The average molecular weight is 403 g/mol. The second-order valence-electron chi connectivity index (χ2n) is 5.49. The molecule has 7 heteroatoms. The van der Waals surface area contributed by atoms with Crippen molar-refractivity contribution < 1.29 is 8.42 Å². The first-order valence-corrected chi connectivity index (χ1v) is 10.2. The molecule has 0 unspecified atom stereocenters. The van der Waals surface area contributed by atoms with Crippen LogP contribution in [0.3, 0.4) is 0 Å². The Hall–Kier alpha value is -0.760. The molecule has 1 aromatic heterocycles. The molecule has 2 aromatic rings. The lowest BCUT2D eigenvalue weighted by atomic mass is 10.2. The minimum atomic E-state index is -3.37. The zero-order valence-corrected chi connectivity index (χ0v) is 15.8. The number of hydrogen-bond acceptors (Lipinski definition) is 4. The summed E-state index contributed by atoms with van der Waals surface area (Å²) < 4.78 is 27.9. The van der Waals surface area contributed by atoms with Crippen molar-refractivity contribution in [3.05, 3.63) is 50.9 Å². The Morgan fingerprint density at radius 1 is 1.27 bits per heavy atom. The normalized spacial score (nSPS) is 12.2. The lowest BCUT2D eigenvalue weighted by Crippen LogP contribution is -2.34. The summed E-state index contributed by atoms with van der Waals surface area (Å²) in [6.07, 6.45) is 1.71. The molecule has 0 aliphatic carbocycles. The van der Waals surface area contributed by atoms with Gasteiger partial charge in [0.1, 0.15) is 5.01 Å². The largest absolute Gasteiger partial charge is 0.247 e. The van der Waals surface area contributed by atoms with Crippen LogP contribution in [0.2, 0.25) is 0 Å². The first-order valence-electron chi connectivity index (χ1n) is 6.99. The monoisotopic (exact) mass is 402 g/mol. The number of sulfonamides is 1. The van der Waals surface area contributed by atoms with Crippen LogP contribution >= 0.6 is 27.3 Å². The van der Waals surface area contributed by atoms with Crippen LogP contribution in [0.5, 0.6) is 0 Å². The van der Waals surface area contributed by atoms with E-state index in [4.69, 9.17) is 0 Å². The molecule has 0 N–H and O–H groups in total. The smallest absolute Gasteiger partial charge is 0.218 e. The van der Waals surface area contributed by atoms with E-state index >= 15 is 0 Å². The highest BCUT2D eigenvalue weighted by molar-refractivity contribution is 9.11. The molecule has 0 amide bonds. The maximum absolute atomic E-state index is 12.7. The molecular weight excluding hydrogens is 384 g/mol. The number of benzene rings is 1. The molecule has 0 saturated heterocycles. The maximum atomic E-state index is 12.7. The summed E-state index contributed by atoms with van der Waals surface area (Å²) in [6.45, 7) is 4.85. The van der Waals surface area contributed by atoms with Crippen LogP contribution in [-0.2, 0) is 22.3 Å². The number of nitrogens with zero attached hydrogens (tertiary/aromatic N) is 2. The summed E-state index contributed by atoms with van der Waals surface area (Å²) in [5.74, 6) is 0.279. The van der Waals surface area contributed by atoms with Crippen molar-refractivity contribution in [2.45, 2.75) is 26.1 Å². The molecule has 0 aliphatic rings. The SMILES string of the molecule is CC(C)CN(Cc1ncc(Br)s1)S(=O)(=O)Cc1ccccc1. The van der Waals surface area contributed by atoms with Gasteiger partial charge in [0.2, 0.25) is 10.0 Å². The zero-order chi connectivity index (χ0) is 16.2. The van der Waals surface area contributed by atoms with Gasteiger partial charge in [-0.25, -0.2) is 13.4 Å². The van der Waals surface area contributed by atoms with Crippen LogP contribution in [0.1, 0.15) is 24.4 Å². The zero-order valence-electron chi connectivity index (χ0n) is 12.6. The van der Waals surface area contributed by atoms with Crippen LogP contribution in [0.15, 0.2) is 40.3 Å². The molecule has 2 rings (SSSR count). The van der Waals surface area contributed by atoms with Crippen LogP contribution in [0, 0.1) is 5.92 Å². The number of rotatable bonds is 7. The van der Waals surface area contributed by atoms with Crippen molar-refractivity contribution >= 4 is 37.3 Å². The van der Waals surface area contributed by atoms with Crippen LogP contribution in [-0.4, -0.2) is 24.3 Å². The number of thiazole rings is 1. The van der Waals surface area contributed by atoms with E-state index in [1.807, 2.05) is 44.2 Å². The summed E-state index contributed by atoms with van der Waals surface area (Å²) in [7, 11) is -3.37. The van der Waals surface area contributed by atoms with Gasteiger partial charge < -0.3 is 0 Å².